The highest BCUT2D eigenvalue weighted by Gasteiger charge is 2.35. The lowest BCUT2D eigenvalue weighted by Crippen LogP contribution is -2.27. The molecule has 1 aliphatic carbocycles. The second kappa shape index (κ2) is 12.8. The van der Waals surface area contributed by atoms with Crippen molar-refractivity contribution in [3.05, 3.63) is 75.1 Å². The van der Waals surface area contributed by atoms with Crippen LogP contribution in [0.5, 0.6) is 0 Å². The average molecular weight is 599 g/mol. The van der Waals surface area contributed by atoms with Crippen molar-refractivity contribution >= 4 is 63.2 Å². The van der Waals surface area contributed by atoms with E-state index in [1.165, 1.54) is 30.2 Å². The number of methoxy groups -OCH3 is 1. The summed E-state index contributed by atoms with van der Waals surface area (Å²) >= 11 is 8.94. The van der Waals surface area contributed by atoms with Crippen molar-refractivity contribution in [3.8, 4) is 0 Å². The molecule has 0 bridgehead atoms. The summed E-state index contributed by atoms with van der Waals surface area (Å²) in [7, 11) is 1.38. The number of hydrogen-bond acceptors (Lipinski definition) is 6. The molecule has 3 aromatic rings. The maximum atomic E-state index is 13.5. The molecule has 9 heteroatoms. The Labute approximate surface area is 249 Å². The number of carbonyl (C=O) groups excluding carboxylic acids is 3. The summed E-state index contributed by atoms with van der Waals surface area (Å²) in [5.74, 6) is -0.332. The molecule has 0 radical (unpaired) electrons. The highest BCUT2D eigenvalue weighted by Crippen LogP contribution is 2.44. The zero-order valence-corrected chi connectivity index (χ0v) is 25.8. The highest BCUT2D eigenvalue weighted by molar-refractivity contribution is 8.00. The molecule has 212 valence electrons. The van der Waals surface area contributed by atoms with E-state index in [4.69, 9.17) is 16.3 Å². The van der Waals surface area contributed by atoms with Crippen LogP contribution in [-0.4, -0.2) is 30.1 Å². The van der Waals surface area contributed by atoms with Gasteiger partial charge in [0.1, 0.15) is 5.00 Å². The largest absolute Gasteiger partial charge is 0.465 e. The Morgan fingerprint density at radius 1 is 1.12 bits per heavy atom. The van der Waals surface area contributed by atoms with E-state index in [1.54, 1.807) is 30.3 Å². The number of ether oxygens (including phenoxy) is 1. The summed E-state index contributed by atoms with van der Waals surface area (Å²) in [6.07, 6.45) is 3.28. The second-order valence-corrected chi connectivity index (χ2v) is 13.8. The number of halogens is 1. The van der Waals surface area contributed by atoms with E-state index < -0.39 is 11.2 Å². The molecule has 0 fully saturated rings. The predicted octanol–water partition coefficient (Wildman–Crippen LogP) is 8.10. The summed E-state index contributed by atoms with van der Waals surface area (Å²) in [4.78, 5) is 40.9. The van der Waals surface area contributed by atoms with E-state index in [1.807, 2.05) is 25.1 Å². The molecular formula is C31H35ClN2O4S2. The fourth-order valence-corrected chi connectivity index (χ4v) is 7.41. The van der Waals surface area contributed by atoms with Crippen LogP contribution in [0.4, 0.5) is 10.7 Å². The van der Waals surface area contributed by atoms with Gasteiger partial charge in [-0.2, -0.15) is 0 Å². The molecule has 0 spiro atoms. The number of benzene rings is 2. The molecule has 2 atom stereocenters. The molecule has 2 unspecified atom stereocenters. The quantitative estimate of drug-likeness (QED) is 0.202. The number of thioether (sulfide) groups is 1. The van der Waals surface area contributed by atoms with E-state index in [2.05, 4.69) is 31.4 Å². The first-order chi connectivity index (χ1) is 19.0. The number of fused-ring (bicyclic) bond motifs is 1. The smallest absolute Gasteiger partial charge is 0.341 e. The SMILES string of the molecule is CCC(Sc1cccc(NC(=O)c2cccc(Cl)c2)c1)C(=O)Nc1sc2c(c1C(=O)OC)CCC(C(C)(C)C)C2. The molecule has 6 nitrogen and oxygen atoms in total. The van der Waals surface area contributed by atoms with Gasteiger partial charge >= 0.3 is 5.97 Å². The van der Waals surface area contributed by atoms with Gasteiger partial charge in [-0.25, -0.2) is 4.79 Å². The topological polar surface area (TPSA) is 84.5 Å². The van der Waals surface area contributed by atoms with Gasteiger partial charge in [-0.1, -0.05) is 51.4 Å². The third kappa shape index (κ3) is 7.09. The normalized spacial score (nSPS) is 15.6. The molecule has 2 aromatic carbocycles. The maximum Gasteiger partial charge on any atom is 0.341 e. The lowest BCUT2D eigenvalue weighted by atomic mass is 9.72. The number of amides is 2. The molecule has 0 aliphatic heterocycles. The molecule has 1 aliphatic rings. The zero-order chi connectivity index (χ0) is 29.0. The van der Waals surface area contributed by atoms with Gasteiger partial charge in [0.15, 0.2) is 0 Å². The average Bonchev–Trinajstić information content (AvgIpc) is 3.28. The summed E-state index contributed by atoms with van der Waals surface area (Å²) in [5.41, 5.74) is 2.76. The first-order valence-corrected chi connectivity index (χ1v) is 15.4. The van der Waals surface area contributed by atoms with Crippen LogP contribution in [0.3, 0.4) is 0 Å². The lowest BCUT2D eigenvalue weighted by molar-refractivity contribution is -0.115. The monoisotopic (exact) mass is 598 g/mol. The number of esters is 1. The van der Waals surface area contributed by atoms with Crippen molar-refractivity contribution in [2.75, 3.05) is 17.7 Å². The van der Waals surface area contributed by atoms with Crippen molar-refractivity contribution in [2.45, 2.75) is 63.5 Å². The summed E-state index contributed by atoms with van der Waals surface area (Å²) in [6, 6.07) is 14.2. The van der Waals surface area contributed by atoms with E-state index in [9.17, 15) is 14.4 Å². The minimum atomic E-state index is -0.411. The molecule has 1 heterocycles. The molecule has 2 N–H and O–H groups in total. The van der Waals surface area contributed by atoms with Crippen molar-refractivity contribution in [1.82, 2.24) is 0 Å². The predicted molar refractivity (Wildman–Crippen MR) is 165 cm³/mol. The Hall–Kier alpha value is -2.81. The molecule has 2 amide bonds. The Morgan fingerprint density at radius 3 is 2.55 bits per heavy atom. The van der Waals surface area contributed by atoms with Crippen LogP contribution in [0.1, 0.15) is 71.7 Å². The molecule has 1 aromatic heterocycles. The van der Waals surface area contributed by atoms with Crippen molar-refractivity contribution in [1.29, 1.82) is 0 Å². The fraction of sp³-hybridized carbons (Fsp3) is 0.387. The van der Waals surface area contributed by atoms with Crippen LogP contribution in [0.15, 0.2) is 53.4 Å². The number of thiophene rings is 1. The van der Waals surface area contributed by atoms with E-state index in [0.29, 0.717) is 39.2 Å². The fourth-order valence-electron chi connectivity index (χ4n) is 4.89. The third-order valence-corrected chi connectivity index (χ3v) is 10.00. The van der Waals surface area contributed by atoms with Gasteiger partial charge in [0.2, 0.25) is 5.91 Å². The zero-order valence-electron chi connectivity index (χ0n) is 23.4. The van der Waals surface area contributed by atoms with Gasteiger partial charge in [0, 0.05) is 26.0 Å². The standard InChI is InChI=1S/C31H35ClN2O4S2/c1-6-24(39-22-12-8-11-21(17-22)33-27(35)18-9-7-10-20(32)15-18)28(36)34-29-26(30(37)38-5)23-14-13-19(31(2,3)4)16-25(23)40-29/h7-12,15,17,19,24H,6,13-14,16H2,1-5H3,(H,33,35)(H,34,36). The van der Waals surface area contributed by atoms with Gasteiger partial charge < -0.3 is 15.4 Å². The van der Waals surface area contributed by atoms with Gasteiger partial charge in [0.25, 0.3) is 5.91 Å². The minimum Gasteiger partial charge on any atom is -0.465 e. The molecule has 0 saturated heterocycles. The highest BCUT2D eigenvalue weighted by atomic mass is 35.5. The van der Waals surface area contributed by atoms with Crippen LogP contribution in [0.25, 0.3) is 0 Å². The Bertz CT molecular complexity index is 1410. The number of rotatable bonds is 8. The van der Waals surface area contributed by atoms with Gasteiger partial charge in [0.05, 0.1) is 17.9 Å². The van der Waals surface area contributed by atoms with Gasteiger partial charge in [-0.05, 0) is 79.0 Å². The van der Waals surface area contributed by atoms with Crippen LogP contribution < -0.4 is 10.6 Å². The Morgan fingerprint density at radius 2 is 1.88 bits per heavy atom. The summed E-state index contributed by atoms with van der Waals surface area (Å²) in [6.45, 7) is 8.71. The maximum absolute atomic E-state index is 13.5. The number of carbonyl (C=O) groups is 3. The second-order valence-electron chi connectivity index (χ2n) is 11.0. The first kappa shape index (κ1) is 30.2. The molecule has 0 saturated carbocycles. The van der Waals surface area contributed by atoms with Crippen LogP contribution in [-0.2, 0) is 22.4 Å². The summed E-state index contributed by atoms with van der Waals surface area (Å²) in [5, 5.41) is 6.61. The van der Waals surface area contributed by atoms with E-state index in [0.717, 1.165) is 34.6 Å². The van der Waals surface area contributed by atoms with Crippen LogP contribution in [0, 0.1) is 11.3 Å². The van der Waals surface area contributed by atoms with E-state index in [-0.39, 0.29) is 17.2 Å². The van der Waals surface area contributed by atoms with Gasteiger partial charge in [-0.15, -0.1) is 23.1 Å². The minimum absolute atomic E-state index is 0.169. The van der Waals surface area contributed by atoms with Crippen molar-refractivity contribution < 1.29 is 19.1 Å². The van der Waals surface area contributed by atoms with Crippen LogP contribution >= 0.6 is 34.7 Å². The Kier molecular flexibility index (Phi) is 9.64. The van der Waals surface area contributed by atoms with Crippen molar-refractivity contribution in [2.24, 2.45) is 11.3 Å². The summed E-state index contributed by atoms with van der Waals surface area (Å²) < 4.78 is 5.11. The first-order valence-electron chi connectivity index (χ1n) is 13.4. The third-order valence-electron chi connectivity index (χ3n) is 7.24. The Balaban J connectivity index is 1.49. The number of nitrogens with one attached hydrogen (secondary N) is 2. The van der Waals surface area contributed by atoms with Crippen molar-refractivity contribution in [3.63, 3.8) is 0 Å². The van der Waals surface area contributed by atoms with Crippen LogP contribution in [0.2, 0.25) is 5.02 Å². The molecule has 40 heavy (non-hydrogen) atoms. The molecular weight excluding hydrogens is 564 g/mol. The number of anilines is 2. The number of hydrogen-bond donors (Lipinski definition) is 2. The van der Waals surface area contributed by atoms with Gasteiger partial charge in [-0.3, -0.25) is 9.59 Å². The lowest BCUT2D eigenvalue weighted by Gasteiger charge is -2.33. The molecule has 4 rings (SSSR count). The van der Waals surface area contributed by atoms with E-state index >= 15 is 0 Å².